The first kappa shape index (κ1) is 14.7. The van der Waals surface area contributed by atoms with Gasteiger partial charge in [-0.1, -0.05) is 20.8 Å². The Morgan fingerprint density at radius 3 is 2.39 bits per heavy atom. The Labute approximate surface area is 112 Å². The number of carbonyl (C=O) groups excluding carboxylic acids is 2. The maximum atomic E-state index is 12.2. The van der Waals surface area contributed by atoms with Crippen molar-refractivity contribution in [1.82, 2.24) is 5.32 Å². The highest BCUT2D eigenvalue weighted by Crippen LogP contribution is 2.23. The van der Waals surface area contributed by atoms with Crippen LogP contribution in [0, 0.1) is 12.8 Å². The molecule has 5 heteroatoms. The fourth-order valence-electron chi connectivity index (χ4n) is 2.02. The average Bonchev–Trinajstić information content (AvgIpc) is 2.71. The van der Waals surface area contributed by atoms with Crippen LogP contribution >= 0.6 is 11.3 Å². The zero-order valence-electron chi connectivity index (χ0n) is 11.2. The van der Waals surface area contributed by atoms with Crippen LogP contribution < -0.4 is 11.1 Å². The van der Waals surface area contributed by atoms with Gasteiger partial charge in [-0.2, -0.15) is 11.3 Å². The summed E-state index contributed by atoms with van der Waals surface area (Å²) in [5, 5.41) is 6.50. The molecule has 3 N–H and O–H groups in total. The number of rotatable bonds is 5. The predicted molar refractivity (Wildman–Crippen MR) is 73.6 cm³/mol. The first-order chi connectivity index (χ1) is 8.35. The van der Waals surface area contributed by atoms with E-state index < -0.39 is 11.4 Å². The number of hydrogen-bond acceptors (Lipinski definition) is 3. The van der Waals surface area contributed by atoms with E-state index in [-0.39, 0.29) is 11.8 Å². The molecule has 100 valence electrons. The molecule has 1 rings (SSSR count). The third-order valence-electron chi connectivity index (χ3n) is 3.42. The summed E-state index contributed by atoms with van der Waals surface area (Å²) in [6.07, 6.45) is 0.481. The zero-order valence-corrected chi connectivity index (χ0v) is 12.1. The van der Waals surface area contributed by atoms with E-state index in [0.717, 1.165) is 5.56 Å². The summed E-state index contributed by atoms with van der Waals surface area (Å²) in [5.74, 6) is -0.771. The Morgan fingerprint density at radius 1 is 1.44 bits per heavy atom. The third kappa shape index (κ3) is 2.56. The van der Waals surface area contributed by atoms with Crippen LogP contribution in [0.3, 0.4) is 0 Å². The number of hydrogen-bond donors (Lipinski definition) is 2. The van der Waals surface area contributed by atoms with Gasteiger partial charge in [-0.15, -0.1) is 0 Å². The monoisotopic (exact) mass is 268 g/mol. The Bertz CT molecular complexity index is 454. The van der Waals surface area contributed by atoms with Gasteiger partial charge in [0.15, 0.2) is 0 Å². The van der Waals surface area contributed by atoms with Gasteiger partial charge in [0.25, 0.3) is 5.91 Å². The minimum absolute atomic E-state index is 0.0529. The molecule has 0 bridgehead atoms. The second-order valence-electron chi connectivity index (χ2n) is 4.77. The average molecular weight is 268 g/mol. The summed E-state index contributed by atoms with van der Waals surface area (Å²) in [5.41, 5.74) is 6.01. The van der Waals surface area contributed by atoms with Crippen molar-refractivity contribution in [2.75, 3.05) is 0 Å². The Kier molecular flexibility index (Phi) is 4.51. The number of carbonyl (C=O) groups is 2. The van der Waals surface area contributed by atoms with Crippen molar-refractivity contribution in [3.63, 3.8) is 0 Å². The highest BCUT2D eigenvalue weighted by Gasteiger charge is 2.40. The zero-order chi connectivity index (χ0) is 13.9. The highest BCUT2D eigenvalue weighted by molar-refractivity contribution is 7.08. The molecule has 2 amide bonds. The molecule has 1 atom stereocenters. The first-order valence-corrected chi connectivity index (χ1v) is 6.94. The number of nitrogens with one attached hydrogen (secondary N) is 1. The molecule has 18 heavy (non-hydrogen) atoms. The smallest absolute Gasteiger partial charge is 0.253 e. The summed E-state index contributed by atoms with van der Waals surface area (Å²) in [7, 11) is 0. The van der Waals surface area contributed by atoms with Crippen LogP contribution in [0.25, 0.3) is 0 Å². The van der Waals surface area contributed by atoms with Crippen molar-refractivity contribution >= 4 is 23.2 Å². The summed E-state index contributed by atoms with van der Waals surface area (Å²) >= 11 is 1.47. The maximum absolute atomic E-state index is 12.2. The van der Waals surface area contributed by atoms with Gasteiger partial charge >= 0.3 is 0 Å². The van der Waals surface area contributed by atoms with Crippen molar-refractivity contribution < 1.29 is 9.59 Å². The van der Waals surface area contributed by atoms with E-state index in [9.17, 15) is 9.59 Å². The maximum Gasteiger partial charge on any atom is 0.253 e. The predicted octanol–water partition coefficient (Wildman–Crippen LogP) is 2.08. The molecule has 0 aliphatic heterocycles. The molecule has 0 fully saturated rings. The molecule has 0 radical (unpaired) electrons. The van der Waals surface area contributed by atoms with E-state index >= 15 is 0 Å². The number of thiophene rings is 1. The van der Waals surface area contributed by atoms with Crippen LogP contribution in [0.2, 0.25) is 0 Å². The number of nitrogens with two attached hydrogens (primary N) is 1. The lowest BCUT2D eigenvalue weighted by Crippen LogP contribution is -2.60. The first-order valence-electron chi connectivity index (χ1n) is 6.00. The van der Waals surface area contributed by atoms with Gasteiger partial charge in [0.05, 0.1) is 5.56 Å². The quantitative estimate of drug-likeness (QED) is 0.858. The molecule has 1 heterocycles. The van der Waals surface area contributed by atoms with Crippen molar-refractivity contribution in [1.29, 1.82) is 0 Å². The lowest BCUT2D eigenvalue weighted by Gasteiger charge is -2.34. The molecule has 0 unspecified atom stereocenters. The molecule has 0 spiro atoms. The van der Waals surface area contributed by atoms with E-state index in [4.69, 9.17) is 5.73 Å². The molecule has 4 nitrogen and oxygen atoms in total. The minimum Gasteiger partial charge on any atom is -0.368 e. The van der Waals surface area contributed by atoms with Crippen LogP contribution in [0.5, 0.6) is 0 Å². The van der Waals surface area contributed by atoms with Crippen LogP contribution in [0.4, 0.5) is 0 Å². The second kappa shape index (κ2) is 5.52. The Morgan fingerprint density at radius 2 is 2.06 bits per heavy atom. The van der Waals surface area contributed by atoms with Crippen LogP contribution in [-0.4, -0.2) is 17.4 Å². The number of amides is 2. The van der Waals surface area contributed by atoms with Gasteiger partial charge in [0.1, 0.15) is 5.54 Å². The number of primary amides is 1. The third-order valence-corrected chi connectivity index (χ3v) is 4.28. The molecule has 0 aliphatic rings. The van der Waals surface area contributed by atoms with Gasteiger partial charge in [-0.3, -0.25) is 9.59 Å². The molecular weight excluding hydrogens is 248 g/mol. The van der Waals surface area contributed by atoms with Gasteiger partial charge in [0, 0.05) is 5.38 Å². The van der Waals surface area contributed by atoms with Gasteiger partial charge in [-0.25, -0.2) is 0 Å². The van der Waals surface area contributed by atoms with Crippen molar-refractivity contribution in [3.8, 4) is 0 Å². The molecule has 0 saturated heterocycles. The lowest BCUT2D eigenvalue weighted by atomic mass is 9.82. The standard InChI is InChI=1S/C13H20N2O2S/c1-5-13(8(2)3,12(14)17)15-11(16)10-7-18-6-9(10)4/h6-8H,5H2,1-4H3,(H2,14,17)(H,15,16)/t13-/m0/s1. The summed E-state index contributed by atoms with van der Waals surface area (Å²) in [4.78, 5) is 23.9. The van der Waals surface area contributed by atoms with E-state index in [1.807, 2.05) is 33.1 Å². The SMILES string of the molecule is CC[C@@](NC(=O)c1cscc1C)(C(N)=O)C(C)C. The highest BCUT2D eigenvalue weighted by atomic mass is 32.1. The molecular formula is C13H20N2O2S. The molecule has 0 saturated carbocycles. The normalized spacial score (nSPS) is 14.3. The molecule has 1 aromatic heterocycles. The van der Waals surface area contributed by atoms with Crippen LogP contribution in [-0.2, 0) is 4.79 Å². The Hall–Kier alpha value is -1.36. The second-order valence-corrected chi connectivity index (χ2v) is 5.51. The van der Waals surface area contributed by atoms with E-state index in [1.54, 1.807) is 5.38 Å². The summed E-state index contributed by atoms with van der Waals surface area (Å²) in [6, 6.07) is 0. The van der Waals surface area contributed by atoms with Crippen LogP contribution in [0.15, 0.2) is 10.8 Å². The fraction of sp³-hybridized carbons (Fsp3) is 0.538. The minimum atomic E-state index is -0.981. The van der Waals surface area contributed by atoms with E-state index in [0.29, 0.717) is 12.0 Å². The fourth-order valence-corrected chi connectivity index (χ4v) is 2.85. The van der Waals surface area contributed by atoms with Gasteiger partial charge in [0.2, 0.25) is 5.91 Å². The summed E-state index contributed by atoms with van der Waals surface area (Å²) in [6.45, 7) is 7.49. The summed E-state index contributed by atoms with van der Waals surface area (Å²) < 4.78 is 0. The molecule has 0 aromatic carbocycles. The topological polar surface area (TPSA) is 72.2 Å². The molecule has 1 aromatic rings. The largest absolute Gasteiger partial charge is 0.368 e. The van der Waals surface area contributed by atoms with Gasteiger partial charge in [-0.05, 0) is 30.2 Å². The van der Waals surface area contributed by atoms with Crippen molar-refractivity contribution in [3.05, 3.63) is 21.9 Å². The van der Waals surface area contributed by atoms with Gasteiger partial charge < -0.3 is 11.1 Å². The molecule has 0 aliphatic carbocycles. The van der Waals surface area contributed by atoms with Crippen LogP contribution in [0.1, 0.15) is 43.1 Å². The van der Waals surface area contributed by atoms with Crippen molar-refractivity contribution in [2.24, 2.45) is 11.7 Å². The van der Waals surface area contributed by atoms with E-state index in [1.165, 1.54) is 11.3 Å². The van der Waals surface area contributed by atoms with E-state index in [2.05, 4.69) is 5.32 Å². The number of aryl methyl sites for hydroxylation is 1. The lowest BCUT2D eigenvalue weighted by molar-refractivity contribution is -0.126. The Balaban J connectivity index is 3.02. The van der Waals surface area contributed by atoms with Crippen molar-refractivity contribution in [2.45, 2.75) is 39.7 Å².